The topological polar surface area (TPSA) is 20.3 Å². The number of thiophene rings is 1. The molecule has 1 aromatic heterocycles. The lowest BCUT2D eigenvalue weighted by atomic mass is 9.95. The quantitative estimate of drug-likeness (QED) is 0.710. The van der Waals surface area contributed by atoms with Crippen molar-refractivity contribution >= 4 is 17.2 Å². The molecule has 0 aromatic carbocycles. The maximum absolute atomic E-state index is 12.7. The van der Waals surface area contributed by atoms with Crippen LogP contribution in [0.3, 0.4) is 0 Å². The molecule has 100 valence electrons. The monoisotopic (exact) mass is 273 g/mol. The van der Waals surface area contributed by atoms with Gasteiger partial charge in [0.25, 0.3) is 5.91 Å². The molecule has 2 saturated heterocycles. The van der Waals surface area contributed by atoms with Gasteiger partial charge in [-0.25, -0.2) is 0 Å². The van der Waals surface area contributed by atoms with Crippen LogP contribution in [0.2, 0.25) is 0 Å². The second-order valence-electron chi connectivity index (χ2n) is 6.20. The van der Waals surface area contributed by atoms with E-state index in [1.54, 1.807) is 22.5 Å². The second-order valence-corrected chi connectivity index (χ2v) is 7.11. The van der Waals surface area contributed by atoms with Crippen molar-refractivity contribution in [3.63, 3.8) is 0 Å². The largest absolute Gasteiger partial charge is 0.331 e. The lowest BCUT2D eigenvalue weighted by Gasteiger charge is -2.36. The van der Waals surface area contributed by atoms with Crippen LogP contribution in [0.15, 0.2) is 22.6 Å². The molecule has 2 nitrogen and oxygen atoms in total. The summed E-state index contributed by atoms with van der Waals surface area (Å²) in [6.45, 7) is 2.06. The number of hydrogen-bond donors (Lipinski definition) is 0. The summed E-state index contributed by atoms with van der Waals surface area (Å²) >= 11 is 1.60. The Kier molecular flexibility index (Phi) is 2.59. The Morgan fingerprint density at radius 3 is 2.42 bits per heavy atom. The third kappa shape index (κ3) is 1.95. The minimum Gasteiger partial charge on any atom is -0.331 e. The maximum atomic E-state index is 12.7. The number of hydrogen-bond acceptors (Lipinski definition) is 2. The molecule has 3 heteroatoms. The number of nitrogens with zero attached hydrogens (tertiary/aromatic N) is 1. The van der Waals surface area contributed by atoms with Gasteiger partial charge in [0, 0.05) is 12.1 Å². The van der Waals surface area contributed by atoms with E-state index in [-0.39, 0.29) is 5.91 Å². The van der Waals surface area contributed by atoms with Gasteiger partial charge < -0.3 is 4.90 Å². The molecule has 0 spiro atoms. The van der Waals surface area contributed by atoms with Gasteiger partial charge in [0.1, 0.15) is 0 Å². The first-order chi connectivity index (χ1) is 9.22. The van der Waals surface area contributed by atoms with E-state index in [4.69, 9.17) is 0 Å². The van der Waals surface area contributed by atoms with Crippen molar-refractivity contribution in [1.29, 1.82) is 0 Å². The molecule has 3 heterocycles. The summed E-state index contributed by atoms with van der Waals surface area (Å²) in [6, 6.07) is 3.01. The Morgan fingerprint density at radius 2 is 1.89 bits per heavy atom. The Morgan fingerprint density at radius 1 is 1.21 bits per heavy atom. The number of piperidine rings is 1. The fourth-order valence-corrected chi connectivity index (χ4v) is 4.56. The molecule has 1 aromatic rings. The molecule has 2 atom stereocenters. The molecule has 1 amide bonds. The van der Waals surface area contributed by atoms with E-state index in [2.05, 4.69) is 17.2 Å². The van der Waals surface area contributed by atoms with E-state index in [1.807, 2.05) is 6.07 Å². The van der Waals surface area contributed by atoms with Gasteiger partial charge >= 0.3 is 0 Å². The molecule has 1 aliphatic carbocycles. The van der Waals surface area contributed by atoms with Crippen LogP contribution in [-0.2, 0) is 0 Å². The van der Waals surface area contributed by atoms with Gasteiger partial charge in [-0.1, -0.05) is 11.1 Å². The Labute approximate surface area is 118 Å². The number of rotatable bonds is 1. The van der Waals surface area contributed by atoms with Crippen LogP contribution in [-0.4, -0.2) is 22.9 Å². The van der Waals surface area contributed by atoms with Crippen LogP contribution in [0.4, 0.5) is 0 Å². The molecule has 0 N–H and O–H groups in total. The van der Waals surface area contributed by atoms with Crippen molar-refractivity contribution in [2.45, 2.75) is 57.5 Å². The van der Waals surface area contributed by atoms with Crippen LogP contribution in [0.1, 0.15) is 53.8 Å². The lowest BCUT2D eigenvalue weighted by Crippen LogP contribution is -2.44. The Balaban J connectivity index is 1.60. The molecule has 0 radical (unpaired) electrons. The highest BCUT2D eigenvalue weighted by Gasteiger charge is 2.43. The number of amides is 1. The first kappa shape index (κ1) is 11.7. The molecule has 2 unspecified atom stereocenters. The highest BCUT2D eigenvalue weighted by molar-refractivity contribution is 7.12. The average molecular weight is 273 g/mol. The summed E-state index contributed by atoms with van der Waals surface area (Å²) in [6.07, 6.45) is 7.37. The minimum atomic E-state index is 0.283. The molecular formula is C16H19NOS. The van der Waals surface area contributed by atoms with E-state index in [0.717, 1.165) is 17.7 Å². The number of carbonyl (C=O) groups excluding carboxylic acids is 1. The number of allylic oxidation sites excluding steroid dienone is 1. The van der Waals surface area contributed by atoms with Gasteiger partial charge in [-0.2, -0.15) is 0 Å². The standard InChI is InChI=1S/C16H19NOS/c1-10-6-15(19-9-10)16(18)17-13-4-5-14(17)8-12(7-13)11-2-3-11/h6,9,13-14H,2-5,7-8H2,1H3. The van der Waals surface area contributed by atoms with E-state index < -0.39 is 0 Å². The zero-order chi connectivity index (χ0) is 13.0. The van der Waals surface area contributed by atoms with Crippen LogP contribution in [0.5, 0.6) is 0 Å². The summed E-state index contributed by atoms with van der Waals surface area (Å²) in [7, 11) is 0. The average Bonchev–Trinajstić information content (AvgIpc) is 3.11. The SMILES string of the molecule is Cc1csc(C(=O)N2C3CCC2CC(=C2CC2)C3)c1. The van der Waals surface area contributed by atoms with E-state index in [9.17, 15) is 4.79 Å². The van der Waals surface area contributed by atoms with Crippen LogP contribution < -0.4 is 0 Å². The van der Waals surface area contributed by atoms with Crippen molar-refractivity contribution in [1.82, 2.24) is 4.90 Å². The fourth-order valence-electron chi connectivity index (χ4n) is 3.72. The van der Waals surface area contributed by atoms with E-state index in [1.165, 1.54) is 31.2 Å². The summed E-state index contributed by atoms with van der Waals surface area (Å²) in [5, 5.41) is 2.08. The highest BCUT2D eigenvalue weighted by Crippen LogP contribution is 2.45. The predicted molar refractivity (Wildman–Crippen MR) is 77.5 cm³/mol. The van der Waals surface area contributed by atoms with E-state index in [0.29, 0.717) is 12.1 Å². The molecular weight excluding hydrogens is 254 g/mol. The maximum Gasteiger partial charge on any atom is 0.264 e. The summed E-state index contributed by atoms with van der Waals surface area (Å²) in [5.41, 5.74) is 4.60. The summed E-state index contributed by atoms with van der Waals surface area (Å²) in [5.74, 6) is 0.283. The van der Waals surface area contributed by atoms with Gasteiger partial charge in [0.2, 0.25) is 0 Å². The molecule has 3 aliphatic rings. The van der Waals surface area contributed by atoms with Gasteiger partial charge in [-0.15, -0.1) is 11.3 Å². The van der Waals surface area contributed by atoms with Crippen molar-refractivity contribution in [2.75, 3.05) is 0 Å². The highest BCUT2D eigenvalue weighted by atomic mass is 32.1. The van der Waals surface area contributed by atoms with Gasteiger partial charge in [0.15, 0.2) is 0 Å². The lowest BCUT2D eigenvalue weighted by molar-refractivity contribution is 0.0639. The van der Waals surface area contributed by atoms with Crippen LogP contribution in [0, 0.1) is 6.92 Å². The normalized spacial score (nSPS) is 29.0. The first-order valence-corrected chi connectivity index (χ1v) is 8.18. The first-order valence-electron chi connectivity index (χ1n) is 7.30. The molecule has 2 aliphatic heterocycles. The van der Waals surface area contributed by atoms with Crippen LogP contribution >= 0.6 is 11.3 Å². The van der Waals surface area contributed by atoms with Crippen LogP contribution in [0.25, 0.3) is 0 Å². The molecule has 19 heavy (non-hydrogen) atoms. The van der Waals surface area contributed by atoms with Crippen molar-refractivity contribution in [3.8, 4) is 0 Å². The second kappa shape index (κ2) is 4.20. The molecule has 1 saturated carbocycles. The number of carbonyl (C=O) groups is 1. The Bertz CT molecular complexity index is 549. The van der Waals surface area contributed by atoms with Gasteiger partial charge in [-0.05, 0) is 62.5 Å². The smallest absolute Gasteiger partial charge is 0.264 e. The third-order valence-electron chi connectivity index (χ3n) is 4.76. The van der Waals surface area contributed by atoms with Gasteiger partial charge in [0.05, 0.1) is 4.88 Å². The van der Waals surface area contributed by atoms with Crippen molar-refractivity contribution < 1.29 is 4.79 Å². The summed E-state index contributed by atoms with van der Waals surface area (Å²) < 4.78 is 0. The van der Waals surface area contributed by atoms with Crippen molar-refractivity contribution in [3.05, 3.63) is 33.0 Å². The fraction of sp³-hybridized carbons (Fsp3) is 0.562. The zero-order valence-corrected chi connectivity index (χ0v) is 12.1. The van der Waals surface area contributed by atoms with Crippen molar-refractivity contribution in [2.24, 2.45) is 0 Å². The predicted octanol–water partition coefficient (Wildman–Crippen LogP) is 3.91. The third-order valence-corrected chi connectivity index (χ3v) is 5.80. The zero-order valence-electron chi connectivity index (χ0n) is 11.3. The molecule has 2 bridgehead atoms. The molecule has 3 fully saturated rings. The minimum absolute atomic E-state index is 0.283. The summed E-state index contributed by atoms with van der Waals surface area (Å²) in [4.78, 5) is 15.8. The number of aryl methyl sites for hydroxylation is 1. The van der Waals surface area contributed by atoms with Gasteiger partial charge in [-0.3, -0.25) is 4.79 Å². The Hall–Kier alpha value is -1.09. The number of fused-ring (bicyclic) bond motifs is 2. The van der Waals surface area contributed by atoms with E-state index >= 15 is 0 Å². The molecule has 4 rings (SSSR count).